The van der Waals surface area contributed by atoms with Crippen molar-refractivity contribution in [2.24, 2.45) is 11.8 Å². The van der Waals surface area contributed by atoms with Gasteiger partial charge in [0.2, 0.25) is 0 Å². The number of phenols is 3. The third-order valence-electron chi connectivity index (χ3n) is 13.6. The van der Waals surface area contributed by atoms with Crippen LogP contribution in [0.15, 0.2) is 72.8 Å². The topological polar surface area (TPSA) is 189 Å². The van der Waals surface area contributed by atoms with Crippen LogP contribution in [0.5, 0.6) is 40.2 Å². The predicted octanol–water partition coefficient (Wildman–Crippen LogP) is 7.75. The smallest absolute Gasteiger partial charge is 0.133 e. The molecule has 9 rings (SSSR count). The van der Waals surface area contributed by atoms with Crippen molar-refractivity contribution in [3.8, 4) is 51.4 Å². The molecule has 6 atom stereocenters. The Morgan fingerprint density at radius 3 is 2.45 bits per heavy atom. The minimum atomic E-state index is -1.07. The van der Waals surface area contributed by atoms with E-state index < -0.39 is 36.3 Å². The molecule has 3 heterocycles. The number of rotatable bonds is 17. The number of fused-ring (bicyclic) bond motifs is 7. The van der Waals surface area contributed by atoms with Gasteiger partial charge in [0.1, 0.15) is 46.4 Å². The molecule has 1 fully saturated rings. The van der Waals surface area contributed by atoms with Crippen LogP contribution >= 0.6 is 0 Å². The lowest BCUT2D eigenvalue weighted by Crippen LogP contribution is -2.48. The first kappa shape index (κ1) is 44.9. The first-order valence-electron chi connectivity index (χ1n) is 23.2. The van der Waals surface area contributed by atoms with Gasteiger partial charge in [0.15, 0.2) is 0 Å². The van der Waals surface area contributed by atoms with E-state index in [2.05, 4.69) is 5.32 Å². The molecule has 5 aromatic carbocycles. The van der Waals surface area contributed by atoms with Gasteiger partial charge in [0.25, 0.3) is 0 Å². The fourth-order valence-electron chi connectivity index (χ4n) is 10.7. The van der Waals surface area contributed by atoms with Crippen LogP contribution in [0.3, 0.4) is 0 Å². The molecule has 5 aromatic rings. The van der Waals surface area contributed by atoms with Gasteiger partial charge >= 0.3 is 0 Å². The number of nitrogens with one attached hydrogen (secondary N) is 1. The quantitative estimate of drug-likeness (QED) is 0.0355. The third-order valence-corrected chi connectivity index (χ3v) is 13.6. The Morgan fingerprint density at radius 1 is 0.831 bits per heavy atom. The van der Waals surface area contributed by atoms with E-state index in [4.69, 9.17) is 28.4 Å². The van der Waals surface area contributed by atoms with E-state index in [-0.39, 0.29) is 56.3 Å². The van der Waals surface area contributed by atoms with Crippen LogP contribution in [-0.4, -0.2) is 95.8 Å². The molecule has 65 heavy (non-hydrogen) atoms. The van der Waals surface area contributed by atoms with Crippen LogP contribution in [0.25, 0.3) is 21.9 Å². The van der Waals surface area contributed by atoms with Crippen molar-refractivity contribution in [3.63, 3.8) is 0 Å². The van der Waals surface area contributed by atoms with Gasteiger partial charge < -0.3 is 59.1 Å². The zero-order valence-corrected chi connectivity index (χ0v) is 36.9. The Bertz CT molecular complexity index is 2450. The van der Waals surface area contributed by atoms with Crippen LogP contribution in [-0.2, 0) is 22.3 Å². The summed E-state index contributed by atoms with van der Waals surface area (Å²) < 4.78 is 40.0. The van der Waals surface area contributed by atoms with E-state index in [9.17, 15) is 30.6 Å². The summed E-state index contributed by atoms with van der Waals surface area (Å²) in [5, 5.41) is 69.6. The molecule has 13 heteroatoms. The number of phenolic OH excluding ortho intramolecular Hbond substituents is 3. The maximum atomic E-state index is 13.1. The molecule has 4 aliphatic rings. The maximum Gasteiger partial charge on any atom is 0.133 e. The van der Waals surface area contributed by atoms with Gasteiger partial charge in [-0.3, -0.25) is 5.32 Å². The lowest BCUT2D eigenvalue weighted by molar-refractivity contribution is -0.136. The van der Waals surface area contributed by atoms with Crippen molar-refractivity contribution in [1.82, 2.24) is 5.32 Å². The standard InChI is InChI=1S/C52H61NO12/c1-60-19-6-12-45-46(52(64-37(17-18-54)27-53-29-55)47-41-11-5-20-61-50(41)42-25-35(58)14-16-40(42)51(47)65-45)44-28-62-49-32(24-38(26-43(49)48(44)59)63-36-9-2-3-10-36)21-31-23-34(57)13-15-39(31)30-7-4-8-33(56)22-30/h4,7-8,13-16,22-26,36-37,44-46,48,52-59H,2-3,5-6,9-12,17-21,27-29H2,1H3. The highest BCUT2D eigenvalue weighted by atomic mass is 16.5. The van der Waals surface area contributed by atoms with E-state index >= 15 is 0 Å². The average Bonchev–Trinajstić information content (AvgIpc) is 3.82. The zero-order chi connectivity index (χ0) is 45.0. The largest absolute Gasteiger partial charge is 0.508 e. The van der Waals surface area contributed by atoms with Crippen LogP contribution in [0.1, 0.15) is 91.4 Å². The summed E-state index contributed by atoms with van der Waals surface area (Å²) in [5.41, 5.74) is 5.54. The van der Waals surface area contributed by atoms with E-state index in [0.717, 1.165) is 76.3 Å². The fraction of sp³-hybridized carbons (Fsp3) is 0.462. The van der Waals surface area contributed by atoms with Crippen molar-refractivity contribution in [3.05, 3.63) is 101 Å². The molecule has 346 valence electrons. The molecule has 0 amide bonds. The van der Waals surface area contributed by atoms with E-state index in [1.54, 1.807) is 49.6 Å². The van der Waals surface area contributed by atoms with Gasteiger partial charge in [-0.1, -0.05) is 18.2 Å². The molecule has 13 nitrogen and oxygen atoms in total. The van der Waals surface area contributed by atoms with Crippen molar-refractivity contribution < 1.29 is 59.1 Å². The number of aromatic hydroxyl groups is 3. The Hall–Kier alpha value is -5.28. The van der Waals surface area contributed by atoms with Crippen molar-refractivity contribution in [2.45, 2.75) is 94.7 Å². The van der Waals surface area contributed by atoms with Crippen molar-refractivity contribution >= 4 is 10.8 Å². The van der Waals surface area contributed by atoms with Gasteiger partial charge in [-0.15, -0.1) is 0 Å². The number of hydrogen-bond acceptors (Lipinski definition) is 13. The lowest BCUT2D eigenvalue weighted by atomic mass is 9.71. The second-order valence-electron chi connectivity index (χ2n) is 17.9. The van der Waals surface area contributed by atoms with Crippen LogP contribution in [0.2, 0.25) is 0 Å². The molecule has 3 aliphatic heterocycles. The molecule has 1 saturated carbocycles. The highest BCUT2D eigenvalue weighted by molar-refractivity contribution is 5.97. The first-order valence-corrected chi connectivity index (χ1v) is 23.2. The predicted molar refractivity (Wildman–Crippen MR) is 244 cm³/mol. The summed E-state index contributed by atoms with van der Waals surface area (Å²) in [5.74, 6) is 1.77. The van der Waals surface area contributed by atoms with E-state index in [0.29, 0.717) is 67.5 Å². The Labute approximate surface area is 379 Å². The summed E-state index contributed by atoms with van der Waals surface area (Å²) in [7, 11) is 1.67. The van der Waals surface area contributed by atoms with Crippen LogP contribution < -0.4 is 24.3 Å². The molecule has 7 N–H and O–H groups in total. The highest BCUT2D eigenvalue weighted by Gasteiger charge is 2.51. The molecule has 0 saturated heterocycles. The first-order chi connectivity index (χ1) is 31.7. The van der Waals surface area contributed by atoms with Gasteiger partial charge in [0, 0.05) is 78.2 Å². The monoisotopic (exact) mass is 891 g/mol. The molecule has 1 aliphatic carbocycles. The highest BCUT2D eigenvalue weighted by Crippen LogP contribution is 2.57. The second-order valence-corrected chi connectivity index (χ2v) is 17.9. The number of aliphatic hydroxyl groups is 3. The van der Waals surface area contributed by atoms with Gasteiger partial charge in [-0.05, 0) is 129 Å². The van der Waals surface area contributed by atoms with Crippen molar-refractivity contribution in [1.29, 1.82) is 0 Å². The lowest BCUT2D eigenvalue weighted by Gasteiger charge is -2.48. The Kier molecular flexibility index (Phi) is 13.9. The van der Waals surface area contributed by atoms with E-state index in [1.165, 1.54) is 0 Å². The summed E-state index contributed by atoms with van der Waals surface area (Å²) in [6.45, 7) is 0.970. The number of methoxy groups -OCH3 is 1. The summed E-state index contributed by atoms with van der Waals surface area (Å²) in [6, 6.07) is 21.3. The summed E-state index contributed by atoms with van der Waals surface area (Å²) in [4.78, 5) is 0. The fourth-order valence-corrected chi connectivity index (χ4v) is 10.7. The number of benzene rings is 5. The molecular weight excluding hydrogens is 831 g/mol. The zero-order valence-electron chi connectivity index (χ0n) is 36.9. The SMILES string of the molecule is COCCCC1Oc2c(c3c(c4cc(O)ccc24)OCCC3)C(OC(CCO)CNCO)C1C1COc2c(Cc3cc(O)ccc3-c3cccc(O)c3)cc(OC3CCCC3)cc2C1O. The van der Waals surface area contributed by atoms with Crippen LogP contribution in [0, 0.1) is 11.8 Å². The van der Waals surface area contributed by atoms with Gasteiger partial charge in [-0.25, -0.2) is 0 Å². The van der Waals surface area contributed by atoms with E-state index in [1.807, 2.05) is 30.3 Å². The van der Waals surface area contributed by atoms with Crippen LogP contribution in [0.4, 0.5) is 0 Å². The normalized spacial score (nSPS) is 22.0. The molecule has 0 radical (unpaired) electrons. The Balaban J connectivity index is 1.18. The molecule has 0 spiro atoms. The molecule has 6 unspecified atom stereocenters. The van der Waals surface area contributed by atoms with Gasteiger partial charge in [0.05, 0.1) is 44.4 Å². The number of ether oxygens (including phenoxy) is 6. The number of hydrogen-bond donors (Lipinski definition) is 7. The summed E-state index contributed by atoms with van der Waals surface area (Å²) in [6.07, 6.45) is 4.56. The number of aliphatic hydroxyl groups excluding tert-OH is 3. The molecule has 0 aromatic heterocycles. The minimum absolute atomic E-state index is 0.0364. The molecular formula is C52H61NO12. The van der Waals surface area contributed by atoms with Gasteiger partial charge in [-0.2, -0.15) is 0 Å². The Morgan fingerprint density at radius 2 is 1.65 bits per heavy atom. The minimum Gasteiger partial charge on any atom is -0.508 e. The average molecular weight is 892 g/mol. The summed E-state index contributed by atoms with van der Waals surface area (Å²) >= 11 is 0. The maximum absolute atomic E-state index is 13.1. The third kappa shape index (κ3) is 9.41. The second kappa shape index (κ2) is 20.1. The van der Waals surface area contributed by atoms with Crippen molar-refractivity contribution in [2.75, 3.05) is 46.8 Å². The molecule has 0 bridgehead atoms.